The summed E-state index contributed by atoms with van der Waals surface area (Å²) < 4.78 is 28.0. The summed E-state index contributed by atoms with van der Waals surface area (Å²) in [4.78, 5) is 66.9. The van der Waals surface area contributed by atoms with Crippen molar-refractivity contribution in [1.82, 2.24) is 20.5 Å². The maximum atomic E-state index is 13.1. The SMILES string of the molecule is C=CCOC(=O)Nc1cccn(CC(=O)NC(CCCN=C(NC(=O)OC(C)(C)C)NC(=O)OC(C)(C)C)C(OCC)OCC)c1=O. The second kappa shape index (κ2) is 19.9. The smallest absolute Gasteiger partial charge is 0.414 e. The lowest BCUT2D eigenvalue weighted by Gasteiger charge is -2.27. The molecule has 0 saturated heterocycles. The minimum absolute atomic E-state index is 0.0371. The molecule has 16 nitrogen and oxygen atoms in total. The Bertz CT molecular complexity index is 1240. The van der Waals surface area contributed by atoms with Gasteiger partial charge in [0.2, 0.25) is 11.9 Å². The van der Waals surface area contributed by atoms with E-state index in [-0.39, 0.29) is 31.3 Å². The van der Waals surface area contributed by atoms with Crippen LogP contribution < -0.4 is 26.8 Å². The molecule has 0 spiro atoms. The maximum Gasteiger partial charge on any atom is 0.414 e. The van der Waals surface area contributed by atoms with E-state index < -0.39 is 53.3 Å². The number of hydrogen-bond donors (Lipinski definition) is 4. The van der Waals surface area contributed by atoms with Crippen LogP contribution in [0, 0.1) is 0 Å². The van der Waals surface area contributed by atoms with E-state index in [1.807, 2.05) is 0 Å². The van der Waals surface area contributed by atoms with Gasteiger partial charge in [-0.05, 0) is 80.4 Å². The van der Waals surface area contributed by atoms with Crippen LogP contribution in [0.4, 0.5) is 20.1 Å². The molecule has 0 fully saturated rings. The fraction of sp³-hybridized carbons (Fsp3) is 0.613. The van der Waals surface area contributed by atoms with Gasteiger partial charge in [0.05, 0.1) is 6.04 Å². The first-order valence-corrected chi connectivity index (χ1v) is 15.3. The molecule has 1 heterocycles. The molecule has 0 radical (unpaired) electrons. The Morgan fingerprint density at radius 1 is 0.957 bits per heavy atom. The molecule has 0 saturated carbocycles. The number of guanidine groups is 1. The number of carbonyl (C=O) groups is 4. The van der Waals surface area contributed by atoms with Crippen LogP contribution in [-0.2, 0) is 35.0 Å². The van der Waals surface area contributed by atoms with E-state index in [0.29, 0.717) is 26.1 Å². The molecule has 0 aliphatic carbocycles. The molecule has 0 aliphatic rings. The molecule has 16 heteroatoms. The summed E-state index contributed by atoms with van der Waals surface area (Å²) in [6.07, 6.45) is 0.137. The fourth-order valence-electron chi connectivity index (χ4n) is 3.74. The summed E-state index contributed by atoms with van der Waals surface area (Å²) in [7, 11) is 0. The van der Waals surface area contributed by atoms with Gasteiger partial charge in [-0.25, -0.2) is 14.4 Å². The number of nitrogens with zero attached hydrogens (tertiary/aromatic N) is 2. The van der Waals surface area contributed by atoms with Gasteiger partial charge in [-0.2, -0.15) is 0 Å². The molecule has 1 aromatic rings. The van der Waals surface area contributed by atoms with Crippen LogP contribution in [0.5, 0.6) is 0 Å². The van der Waals surface area contributed by atoms with E-state index in [0.717, 1.165) is 4.57 Å². The highest BCUT2D eigenvalue weighted by Crippen LogP contribution is 2.11. The third kappa shape index (κ3) is 17.7. The van der Waals surface area contributed by atoms with Crippen molar-refractivity contribution in [3.63, 3.8) is 0 Å². The number of rotatable bonds is 15. The van der Waals surface area contributed by atoms with E-state index in [1.165, 1.54) is 24.4 Å². The summed E-state index contributed by atoms with van der Waals surface area (Å²) in [5.74, 6) is -0.697. The van der Waals surface area contributed by atoms with Gasteiger partial charge in [-0.3, -0.25) is 30.5 Å². The van der Waals surface area contributed by atoms with Gasteiger partial charge in [0.15, 0.2) is 6.29 Å². The first-order chi connectivity index (χ1) is 22.0. The first kappa shape index (κ1) is 40.6. The van der Waals surface area contributed by atoms with Gasteiger partial charge >= 0.3 is 18.3 Å². The third-order valence-corrected chi connectivity index (χ3v) is 5.42. The molecule has 0 aliphatic heterocycles. The number of hydrogen-bond acceptors (Lipinski definition) is 11. The van der Waals surface area contributed by atoms with Crippen LogP contribution in [0.1, 0.15) is 68.2 Å². The quantitative estimate of drug-likeness (QED) is 0.0535. The Kier molecular flexibility index (Phi) is 17.2. The predicted octanol–water partition coefficient (Wildman–Crippen LogP) is 3.65. The zero-order chi connectivity index (χ0) is 35.6. The monoisotopic (exact) mass is 666 g/mol. The van der Waals surface area contributed by atoms with Crippen molar-refractivity contribution < 1.29 is 42.9 Å². The van der Waals surface area contributed by atoms with Crippen molar-refractivity contribution >= 4 is 35.8 Å². The molecule has 1 atom stereocenters. The lowest BCUT2D eigenvalue weighted by Crippen LogP contribution is -2.48. The second-order valence-corrected chi connectivity index (χ2v) is 11.9. The average Bonchev–Trinajstić information content (AvgIpc) is 2.93. The van der Waals surface area contributed by atoms with Crippen molar-refractivity contribution in [1.29, 1.82) is 0 Å². The molecule has 47 heavy (non-hydrogen) atoms. The van der Waals surface area contributed by atoms with Crippen LogP contribution in [0.15, 0.2) is 40.8 Å². The number of ether oxygens (including phenoxy) is 5. The Labute approximate surface area is 275 Å². The summed E-state index contributed by atoms with van der Waals surface area (Å²) in [5, 5.41) is 10.0. The van der Waals surface area contributed by atoms with Crippen molar-refractivity contribution in [3.05, 3.63) is 41.3 Å². The zero-order valence-corrected chi connectivity index (χ0v) is 28.6. The Morgan fingerprint density at radius 3 is 2.04 bits per heavy atom. The van der Waals surface area contributed by atoms with Gasteiger partial charge in [-0.15, -0.1) is 0 Å². The Balaban J connectivity index is 3.07. The van der Waals surface area contributed by atoms with E-state index in [9.17, 15) is 24.0 Å². The van der Waals surface area contributed by atoms with Crippen LogP contribution in [0.2, 0.25) is 0 Å². The number of carbonyl (C=O) groups excluding carboxylic acids is 4. The second-order valence-electron chi connectivity index (χ2n) is 11.9. The summed E-state index contributed by atoms with van der Waals surface area (Å²) in [6, 6.07) is 2.23. The topological polar surface area (TPSA) is 197 Å². The number of alkyl carbamates (subject to hydrolysis) is 2. The van der Waals surface area contributed by atoms with Crippen LogP contribution in [0.3, 0.4) is 0 Å². The van der Waals surface area contributed by atoms with Gasteiger partial charge in [-0.1, -0.05) is 12.7 Å². The van der Waals surface area contributed by atoms with Crippen LogP contribution in [0.25, 0.3) is 0 Å². The fourth-order valence-corrected chi connectivity index (χ4v) is 3.74. The summed E-state index contributed by atoms with van der Waals surface area (Å²) in [6.45, 7) is 17.5. The van der Waals surface area contributed by atoms with Gasteiger partial charge < -0.3 is 33.6 Å². The van der Waals surface area contributed by atoms with E-state index >= 15 is 0 Å². The highest BCUT2D eigenvalue weighted by molar-refractivity contribution is 6.01. The van der Waals surface area contributed by atoms with Crippen molar-refractivity contribution in [2.45, 2.75) is 98.3 Å². The molecule has 0 bridgehead atoms. The molecule has 4 amide bonds. The standard InChI is InChI=1S/C31H50N6O10/c1-10-19-45-27(40)34-21-16-14-18-37(24(21)39)20-23(38)33-22(25(43-11-2)44-12-3)15-13-17-32-26(35-28(41)46-30(4,5)6)36-29(42)47-31(7,8)9/h10,14,16,18,22,25H,1,11-13,15,17,19-20H2,2-9H3,(H,33,38)(H,34,40)(H2,32,35,36,41,42). The van der Waals surface area contributed by atoms with Crippen molar-refractivity contribution in [3.8, 4) is 0 Å². The predicted molar refractivity (Wildman–Crippen MR) is 175 cm³/mol. The van der Waals surface area contributed by atoms with Gasteiger partial charge in [0, 0.05) is 26.0 Å². The number of nitrogens with one attached hydrogen (secondary N) is 4. The number of anilines is 1. The van der Waals surface area contributed by atoms with Crippen molar-refractivity contribution in [2.75, 3.05) is 31.7 Å². The maximum absolute atomic E-state index is 13.1. The molecule has 4 N–H and O–H groups in total. The first-order valence-electron chi connectivity index (χ1n) is 15.3. The lowest BCUT2D eigenvalue weighted by molar-refractivity contribution is -0.159. The summed E-state index contributed by atoms with van der Waals surface area (Å²) >= 11 is 0. The highest BCUT2D eigenvalue weighted by Gasteiger charge is 2.25. The normalized spacial score (nSPS) is 11.9. The minimum atomic E-state index is -0.839. The lowest BCUT2D eigenvalue weighted by atomic mass is 10.1. The van der Waals surface area contributed by atoms with Gasteiger partial charge in [0.25, 0.3) is 5.56 Å². The average molecular weight is 667 g/mol. The van der Waals surface area contributed by atoms with Crippen molar-refractivity contribution in [2.24, 2.45) is 4.99 Å². The molecular weight excluding hydrogens is 616 g/mol. The van der Waals surface area contributed by atoms with Crippen LogP contribution in [-0.4, -0.2) is 84.6 Å². The number of aliphatic imine (C=N–C) groups is 1. The zero-order valence-electron chi connectivity index (χ0n) is 28.6. The molecule has 1 rings (SSSR count). The highest BCUT2D eigenvalue weighted by atomic mass is 16.7. The molecular formula is C31H50N6O10. The Hall–Kier alpha value is -4.44. The van der Waals surface area contributed by atoms with E-state index in [1.54, 1.807) is 55.4 Å². The van der Waals surface area contributed by atoms with Crippen LogP contribution >= 0.6 is 0 Å². The Morgan fingerprint density at radius 2 is 1.53 bits per heavy atom. The van der Waals surface area contributed by atoms with E-state index in [2.05, 4.69) is 32.8 Å². The third-order valence-electron chi connectivity index (χ3n) is 5.42. The van der Waals surface area contributed by atoms with Gasteiger partial charge in [0.1, 0.15) is 30.0 Å². The number of amides is 4. The molecule has 0 aromatic carbocycles. The largest absolute Gasteiger partial charge is 0.445 e. The molecule has 1 unspecified atom stereocenters. The molecule has 1 aromatic heterocycles. The minimum Gasteiger partial charge on any atom is -0.445 e. The summed E-state index contributed by atoms with van der Waals surface area (Å²) in [5.41, 5.74) is -2.26. The van der Waals surface area contributed by atoms with E-state index in [4.69, 9.17) is 23.7 Å². The number of pyridine rings is 1. The number of aromatic nitrogens is 1. The molecule has 264 valence electrons.